The third kappa shape index (κ3) is 4.65. The molecule has 0 spiro atoms. The maximum atomic E-state index is 6.09. The van der Waals surface area contributed by atoms with Gasteiger partial charge in [0.1, 0.15) is 0 Å². The number of aromatic nitrogens is 4. The number of fused-ring (bicyclic) bond motifs is 1. The average molecular weight is 396 g/mol. The van der Waals surface area contributed by atoms with Crippen molar-refractivity contribution in [2.45, 2.75) is 32.7 Å². The molecular weight excluding hydrogens is 368 g/mol. The van der Waals surface area contributed by atoms with Crippen LogP contribution >= 0.6 is 0 Å². The van der Waals surface area contributed by atoms with Crippen molar-refractivity contribution in [3.8, 4) is 6.01 Å². The molecule has 0 saturated carbocycles. The quantitative estimate of drug-likeness (QED) is 0.584. The molecule has 0 bridgehead atoms. The second-order valence-electron chi connectivity index (χ2n) is 7.30. The molecule has 1 aliphatic rings. The molecule has 1 aliphatic heterocycles. The summed E-state index contributed by atoms with van der Waals surface area (Å²) < 4.78 is 12.9. The van der Waals surface area contributed by atoms with E-state index in [0.717, 1.165) is 51.4 Å². The van der Waals surface area contributed by atoms with Gasteiger partial charge in [-0.15, -0.1) is 5.10 Å². The van der Waals surface area contributed by atoms with Gasteiger partial charge in [0.15, 0.2) is 11.5 Å². The Bertz CT molecular complexity index is 951. The van der Waals surface area contributed by atoms with Crippen LogP contribution in [-0.4, -0.2) is 57.4 Å². The summed E-state index contributed by atoms with van der Waals surface area (Å²) in [6, 6.07) is 8.82. The molecule has 154 valence electrons. The largest absolute Gasteiger partial charge is 0.462 e. The number of unbranched alkanes of at least 4 members (excludes halogenated alkanes) is 1. The standard InChI is InChI=1S/C21H28N6O2/c1-2-3-10-29-21-24-19(22)20-23-14-18(27(20)25-21)13-16-6-4-5-7-17(16)15-26-8-11-28-12-9-26/h4-7,14H,2-3,8-13,15H2,1H3,(H2,22,24,25). The molecule has 0 aliphatic carbocycles. The van der Waals surface area contributed by atoms with Crippen molar-refractivity contribution >= 4 is 11.5 Å². The van der Waals surface area contributed by atoms with E-state index >= 15 is 0 Å². The van der Waals surface area contributed by atoms with Crippen molar-refractivity contribution in [3.63, 3.8) is 0 Å². The highest BCUT2D eigenvalue weighted by Gasteiger charge is 2.16. The fourth-order valence-corrected chi connectivity index (χ4v) is 3.50. The predicted octanol–water partition coefficient (Wildman–Crippen LogP) is 2.31. The fourth-order valence-electron chi connectivity index (χ4n) is 3.50. The van der Waals surface area contributed by atoms with Crippen LogP contribution in [0.5, 0.6) is 6.01 Å². The van der Waals surface area contributed by atoms with Gasteiger partial charge in [0.2, 0.25) is 0 Å². The number of morpholine rings is 1. The van der Waals surface area contributed by atoms with Crippen molar-refractivity contribution in [1.82, 2.24) is 24.5 Å². The summed E-state index contributed by atoms with van der Waals surface area (Å²) in [5.41, 5.74) is 10.2. The normalized spacial score (nSPS) is 15.1. The van der Waals surface area contributed by atoms with Crippen LogP contribution in [0.3, 0.4) is 0 Å². The lowest BCUT2D eigenvalue weighted by molar-refractivity contribution is 0.0341. The summed E-state index contributed by atoms with van der Waals surface area (Å²) >= 11 is 0. The van der Waals surface area contributed by atoms with E-state index < -0.39 is 0 Å². The van der Waals surface area contributed by atoms with E-state index in [1.807, 2.05) is 6.20 Å². The summed E-state index contributed by atoms with van der Waals surface area (Å²) in [5.74, 6) is 0.333. The summed E-state index contributed by atoms with van der Waals surface area (Å²) in [6.45, 7) is 7.13. The van der Waals surface area contributed by atoms with E-state index in [1.54, 1.807) is 4.52 Å². The smallest absolute Gasteiger partial charge is 0.336 e. The van der Waals surface area contributed by atoms with Crippen LogP contribution in [0.15, 0.2) is 30.5 Å². The molecule has 8 heteroatoms. The van der Waals surface area contributed by atoms with Crippen molar-refractivity contribution in [2.24, 2.45) is 0 Å². The molecule has 4 rings (SSSR count). The summed E-state index contributed by atoms with van der Waals surface area (Å²) in [4.78, 5) is 11.1. The van der Waals surface area contributed by atoms with E-state index in [0.29, 0.717) is 30.5 Å². The Morgan fingerprint density at radius 1 is 1.17 bits per heavy atom. The highest BCUT2D eigenvalue weighted by Crippen LogP contribution is 2.20. The number of hydrogen-bond acceptors (Lipinski definition) is 7. The number of benzene rings is 1. The van der Waals surface area contributed by atoms with Crippen LogP contribution < -0.4 is 10.5 Å². The van der Waals surface area contributed by atoms with Crippen LogP contribution in [0.4, 0.5) is 5.82 Å². The predicted molar refractivity (Wildman–Crippen MR) is 111 cm³/mol. The lowest BCUT2D eigenvalue weighted by Gasteiger charge is -2.27. The number of nitrogens with zero attached hydrogens (tertiary/aromatic N) is 5. The molecule has 1 fully saturated rings. The Morgan fingerprint density at radius 3 is 2.76 bits per heavy atom. The average Bonchev–Trinajstić information content (AvgIpc) is 3.14. The van der Waals surface area contributed by atoms with E-state index in [9.17, 15) is 0 Å². The van der Waals surface area contributed by atoms with Crippen LogP contribution in [-0.2, 0) is 17.7 Å². The Morgan fingerprint density at radius 2 is 1.97 bits per heavy atom. The number of nitrogen functional groups attached to an aromatic ring is 1. The first-order chi connectivity index (χ1) is 14.2. The third-order valence-electron chi connectivity index (χ3n) is 5.16. The zero-order valence-corrected chi connectivity index (χ0v) is 16.9. The van der Waals surface area contributed by atoms with Crippen LogP contribution in [0.2, 0.25) is 0 Å². The minimum atomic E-state index is 0.296. The van der Waals surface area contributed by atoms with Crippen molar-refractivity contribution in [3.05, 3.63) is 47.3 Å². The number of imidazole rings is 1. The number of hydrogen-bond donors (Lipinski definition) is 1. The molecule has 8 nitrogen and oxygen atoms in total. The van der Waals surface area contributed by atoms with Gasteiger partial charge >= 0.3 is 6.01 Å². The first kappa shape index (κ1) is 19.6. The van der Waals surface area contributed by atoms with Gasteiger partial charge in [-0.1, -0.05) is 37.6 Å². The molecule has 2 aromatic heterocycles. The number of nitrogens with two attached hydrogens (primary N) is 1. The second-order valence-corrected chi connectivity index (χ2v) is 7.30. The van der Waals surface area contributed by atoms with Crippen molar-refractivity contribution in [1.29, 1.82) is 0 Å². The molecule has 0 amide bonds. The van der Waals surface area contributed by atoms with Crippen LogP contribution in [0, 0.1) is 0 Å². The lowest BCUT2D eigenvalue weighted by Crippen LogP contribution is -2.35. The van der Waals surface area contributed by atoms with Gasteiger partial charge < -0.3 is 15.2 Å². The molecule has 0 atom stereocenters. The van der Waals surface area contributed by atoms with E-state index in [-0.39, 0.29) is 0 Å². The fraction of sp³-hybridized carbons (Fsp3) is 0.476. The summed E-state index contributed by atoms with van der Waals surface area (Å²) in [7, 11) is 0. The summed E-state index contributed by atoms with van der Waals surface area (Å²) in [5, 5.41) is 4.52. The number of rotatable bonds is 8. The summed E-state index contributed by atoms with van der Waals surface area (Å²) in [6.07, 6.45) is 4.54. The molecule has 3 aromatic rings. The number of ether oxygens (including phenoxy) is 2. The molecule has 1 aromatic carbocycles. The van der Waals surface area contributed by atoms with Gasteiger partial charge in [-0.25, -0.2) is 9.50 Å². The molecule has 0 unspecified atom stereocenters. The van der Waals surface area contributed by atoms with Gasteiger partial charge in [0.25, 0.3) is 0 Å². The Balaban J connectivity index is 1.57. The second kappa shape index (κ2) is 9.19. The maximum Gasteiger partial charge on any atom is 0.336 e. The highest BCUT2D eigenvalue weighted by atomic mass is 16.5. The minimum absolute atomic E-state index is 0.296. The monoisotopic (exact) mass is 396 g/mol. The molecule has 29 heavy (non-hydrogen) atoms. The van der Waals surface area contributed by atoms with Gasteiger partial charge in [-0.3, -0.25) is 4.90 Å². The zero-order chi connectivity index (χ0) is 20.1. The van der Waals surface area contributed by atoms with Gasteiger partial charge in [-0.2, -0.15) is 4.98 Å². The highest BCUT2D eigenvalue weighted by molar-refractivity contribution is 5.59. The zero-order valence-electron chi connectivity index (χ0n) is 16.9. The van der Waals surface area contributed by atoms with E-state index in [1.165, 1.54) is 11.1 Å². The minimum Gasteiger partial charge on any atom is -0.462 e. The molecule has 3 heterocycles. The van der Waals surface area contributed by atoms with E-state index in [2.05, 4.69) is 51.2 Å². The molecular formula is C21H28N6O2. The van der Waals surface area contributed by atoms with Gasteiger partial charge in [0.05, 0.1) is 31.7 Å². The first-order valence-corrected chi connectivity index (χ1v) is 10.2. The SMILES string of the molecule is CCCCOc1nc(N)c2ncc(Cc3ccccc3CN3CCOCC3)n2n1. The lowest BCUT2D eigenvalue weighted by atomic mass is 10.0. The van der Waals surface area contributed by atoms with Crippen molar-refractivity contribution in [2.75, 3.05) is 38.6 Å². The Hall–Kier alpha value is -2.71. The third-order valence-corrected chi connectivity index (χ3v) is 5.16. The molecule has 0 radical (unpaired) electrons. The Kier molecular flexibility index (Phi) is 6.21. The number of anilines is 1. The maximum absolute atomic E-state index is 6.09. The van der Waals surface area contributed by atoms with Crippen LogP contribution in [0.1, 0.15) is 36.6 Å². The van der Waals surface area contributed by atoms with Gasteiger partial charge in [0, 0.05) is 26.1 Å². The molecule has 2 N–H and O–H groups in total. The topological polar surface area (TPSA) is 90.8 Å². The van der Waals surface area contributed by atoms with E-state index in [4.69, 9.17) is 15.2 Å². The van der Waals surface area contributed by atoms with Gasteiger partial charge in [-0.05, 0) is 17.5 Å². The first-order valence-electron chi connectivity index (χ1n) is 10.2. The van der Waals surface area contributed by atoms with Crippen molar-refractivity contribution < 1.29 is 9.47 Å². The van der Waals surface area contributed by atoms with Crippen LogP contribution in [0.25, 0.3) is 5.65 Å². The molecule has 1 saturated heterocycles. The Labute approximate surface area is 170 Å².